The Balaban J connectivity index is 2.08. The number of hydrogen-bond acceptors (Lipinski definition) is 9. The van der Waals surface area contributed by atoms with Gasteiger partial charge in [0, 0.05) is 18.9 Å². The molecule has 27 heavy (non-hydrogen) atoms. The van der Waals surface area contributed by atoms with Gasteiger partial charge in [-0.1, -0.05) is 6.07 Å². The lowest BCUT2D eigenvalue weighted by Gasteiger charge is -2.39. The first kappa shape index (κ1) is 20.7. The second-order valence-corrected chi connectivity index (χ2v) is 6.23. The van der Waals surface area contributed by atoms with E-state index in [2.05, 4.69) is 4.74 Å². The zero-order valence-electron chi connectivity index (χ0n) is 14.9. The first-order chi connectivity index (χ1) is 12.7. The molecule has 1 aliphatic carbocycles. The van der Waals surface area contributed by atoms with Crippen LogP contribution < -0.4 is 4.74 Å². The van der Waals surface area contributed by atoms with E-state index in [0.717, 1.165) is 13.2 Å². The summed E-state index contributed by atoms with van der Waals surface area (Å²) in [7, 11) is 2.46. The third-order valence-corrected chi connectivity index (χ3v) is 4.31. The van der Waals surface area contributed by atoms with Crippen molar-refractivity contribution >= 4 is 18.0 Å². The van der Waals surface area contributed by atoms with Crippen molar-refractivity contribution in [3.63, 3.8) is 0 Å². The van der Waals surface area contributed by atoms with Gasteiger partial charge in [0.15, 0.2) is 17.1 Å². The van der Waals surface area contributed by atoms with Crippen molar-refractivity contribution in [3.8, 4) is 11.5 Å². The standard InChI is InChI=1S/C18H22O9/c1-25-13-7-10(3-5-11(13)19)4-6-15(21)27-14-9-18(24,17(23)26-2)8-12(20)16(14)22/h3-7,12,14,16,19-20,22,24H,8-9H2,1-2H3/b6-4+/t12-,14-,16-,18+/m1/s1. The molecule has 0 aromatic heterocycles. The van der Waals surface area contributed by atoms with Crippen LogP contribution in [0.15, 0.2) is 24.3 Å². The van der Waals surface area contributed by atoms with Gasteiger partial charge in [0.2, 0.25) is 0 Å². The molecular formula is C18H22O9. The molecule has 1 aromatic carbocycles. The first-order valence-electron chi connectivity index (χ1n) is 8.13. The maximum atomic E-state index is 12.0. The van der Waals surface area contributed by atoms with E-state index in [4.69, 9.17) is 9.47 Å². The fraction of sp³-hybridized carbons (Fsp3) is 0.444. The molecule has 4 N–H and O–H groups in total. The minimum absolute atomic E-state index is 0.0568. The molecule has 0 bridgehead atoms. The molecule has 148 valence electrons. The molecule has 9 heteroatoms. The Bertz CT molecular complexity index is 730. The van der Waals surface area contributed by atoms with E-state index >= 15 is 0 Å². The van der Waals surface area contributed by atoms with Crippen molar-refractivity contribution in [3.05, 3.63) is 29.8 Å². The molecule has 1 aromatic rings. The molecular weight excluding hydrogens is 360 g/mol. The first-order valence-corrected chi connectivity index (χ1v) is 8.13. The molecule has 4 atom stereocenters. The minimum Gasteiger partial charge on any atom is -0.504 e. The van der Waals surface area contributed by atoms with Crippen LogP contribution in [0.1, 0.15) is 18.4 Å². The smallest absolute Gasteiger partial charge is 0.338 e. The van der Waals surface area contributed by atoms with Gasteiger partial charge >= 0.3 is 11.9 Å². The van der Waals surface area contributed by atoms with Crippen LogP contribution in [0, 0.1) is 0 Å². The van der Waals surface area contributed by atoms with Crippen LogP contribution in [-0.4, -0.2) is 70.5 Å². The Kier molecular flexibility index (Phi) is 6.42. The number of carbonyl (C=O) groups excluding carboxylic acids is 2. The number of aromatic hydroxyl groups is 1. The number of benzene rings is 1. The van der Waals surface area contributed by atoms with Crippen LogP contribution in [0.25, 0.3) is 6.08 Å². The number of aliphatic hydroxyl groups is 3. The Morgan fingerprint density at radius 1 is 1.22 bits per heavy atom. The minimum atomic E-state index is -2.06. The number of ether oxygens (including phenoxy) is 3. The van der Waals surface area contributed by atoms with Crippen molar-refractivity contribution in [2.24, 2.45) is 0 Å². The largest absolute Gasteiger partial charge is 0.504 e. The number of phenolic OH excluding ortho intramolecular Hbond substituents is 1. The fourth-order valence-electron chi connectivity index (χ4n) is 2.87. The molecule has 0 amide bonds. The van der Waals surface area contributed by atoms with Crippen molar-refractivity contribution in [2.75, 3.05) is 14.2 Å². The van der Waals surface area contributed by atoms with Crippen LogP contribution in [-0.2, 0) is 19.1 Å². The average Bonchev–Trinajstić information content (AvgIpc) is 2.64. The molecule has 9 nitrogen and oxygen atoms in total. The molecule has 0 heterocycles. The van der Waals surface area contributed by atoms with Gasteiger partial charge in [-0.25, -0.2) is 9.59 Å². The quantitative estimate of drug-likeness (QED) is 0.400. The van der Waals surface area contributed by atoms with E-state index in [1.165, 1.54) is 31.4 Å². The number of hydrogen-bond donors (Lipinski definition) is 4. The maximum absolute atomic E-state index is 12.0. The summed E-state index contributed by atoms with van der Waals surface area (Å²) in [6.45, 7) is 0. The molecule has 2 rings (SSSR count). The van der Waals surface area contributed by atoms with Crippen molar-refractivity contribution in [1.82, 2.24) is 0 Å². The van der Waals surface area contributed by atoms with Crippen LogP contribution in [0.2, 0.25) is 0 Å². The number of phenols is 1. The van der Waals surface area contributed by atoms with Crippen molar-refractivity contribution < 1.29 is 44.2 Å². The van der Waals surface area contributed by atoms with Crippen LogP contribution in [0.4, 0.5) is 0 Å². The van der Waals surface area contributed by atoms with Gasteiger partial charge in [-0.3, -0.25) is 0 Å². The topological polar surface area (TPSA) is 143 Å². The lowest BCUT2D eigenvalue weighted by Crippen LogP contribution is -2.57. The summed E-state index contributed by atoms with van der Waals surface area (Å²) >= 11 is 0. The highest BCUT2D eigenvalue weighted by Crippen LogP contribution is 2.32. The highest BCUT2D eigenvalue weighted by molar-refractivity contribution is 5.87. The summed E-state index contributed by atoms with van der Waals surface area (Å²) in [5.74, 6) is -1.67. The molecule has 0 unspecified atom stereocenters. The summed E-state index contributed by atoms with van der Waals surface area (Å²) in [5, 5.41) is 39.7. The number of aliphatic hydroxyl groups excluding tert-OH is 2. The second kappa shape index (κ2) is 8.38. The number of esters is 2. The third kappa shape index (κ3) is 4.76. The predicted octanol–water partition coefficient (Wildman–Crippen LogP) is -0.255. The van der Waals surface area contributed by atoms with Crippen LogP contribution in [0.5, 0.6) is 11.5 Å². The normalized spacial score (nSPS) is 28.0. The van der Waals surface area contributed by atoms with Gasteiger partial charge in [0.25, 0.3) is 0 Å². The van der Waals surface area contributed by atoms with E-state index in [9.17, 15) is 30.0 Å². The van der Waals surface area contributed by atoms with E-state index in [1.54, 1.807) is 0 Å². The van der Waals surface area contributed by atoms with E-state index in [1.807, 2.05) is 0 Å². The average molecular weight is 382 g/mol. The van der Waals surface area contributed by atoms with Gasteiger partial charge < -0.3 is 34.6 Å². The second-order valence-electron chi connectivity index (χ2n) is 6.23. The highest BCUT2D eigenvalue weighted by Gasteiger charge is 2.50. The number of carbonyl (C=O) groups is 2. The zero-order chi connectivity index (χ0) is 20.2. The summed E-state index contributed by atoms with van der Waals surface area (Å²) in [5.41, 5.74) is -1.52. The maximum Gasteiger partial charge on any atom is 0.338 e. The van der Waals surface area contributed by atoms with Gasteiger partial charge in [-0.05, 0) is 23.8 Å². The third-order valence-electron chi connectivity index (χ3n) is 4.31. The lowest BCUT2D eigenvalue weighted by atomic mass is 9.79. The molecule has 1 fully saturated rings. The summed E-state index contributed by atoms with van der Waals surface area (Å²) in [6, 6.07) is 4.42. The van der Waals surface area contributed by atoms with Crippen LogP contribution in [0.3, 0.4) is 0 Å². The monoisotopic (exact) mass is 382 g/mol. The van der Waals surface area contributed by atoms with Gasteiger partial charge in [-0.15, -0.1) is 0 Å². The van der Waals surface area contributed by atoms with Gasteiger partial charge in [0.1, 0.15) is 12.2 Å². The van der Waals surface area contributed by atoms with Gasteiger partial charge in [0.05, 0.1) is 20.3 Å². The van der Waals surface area contributed by atoms with E-state index in [0.29, 0.717) is 5.56 Å². The van der Waals surface area contributed by atoms with Crippen molar-refractivity contribution in [1.29, 1.82) is 0 Å². The molecule has 0 spiro atoms. The summed E-state index contributed by atoms with van der Waals surface area (Å²) in [6.07, 6.45) is -2.61. The SMILES string of the molecule is COC(=O)[C@]1(O)C[C@@H](O)[C@@H](O)[C@H](OC(=O)/C=C/c2ccc(O)c(OC)c2)C1. The Labute approximate surface area is 155 Å². The number of rotatable bonds is 5. The van der Waals surface area contributed by atoms with Crippen LogP contribution >= 0.6 is 0 Å². The summed E-state index contributed by atoms with van der Waals surface area (Å²) in [4.78, 5) is 23.7. The molecule has 1 aliphatic rings. The molecule has 0 saturated heterocycles. The zero-order valence-corrected chi connectivity index (χ0v) is 14.9. The van der Waals surface area contributed by atoms with E-state index in [-0.39, 0.29) is 11.5 Å². The summed E-state index contributed by atoms with van der Waals surface area (Å²) < 4.78 is 14.5. The predicted molar refractivity (Wildman–Crippen MR) is 91.8 cm³/mol. The Morgan fingerprint density at radius 2 is 1.93 bits per heavy atom. The fourth-order valence-corrected chi connectivity index (χ4v) is 2.87. The van der Waals surface area contributed by atoms with Crippen molar-refractivity contribution in [2.45, 2.75) is 36.8 Å². The molecule has 1 saturated carbocycles. The Hall–Kier alpha value is -2.62. The Morgan fingerprint density at radius 3 is 2.56 bits per heavy atom. The highest BCUT2D eigenvalue weighted by atomic mass is 16.6. The molecule has 0 aliphatic heterocycles. The molecule has 0 radical (unpaired) electrons. The lowest BCUT2D eigenvalue weighted by molar-refractivity contribution is -0.198. The van der Waals surface area contributed by atoms with Gasteiger partial charge in [-0.2, -0.15) is 0 Å². The number of methoxy groups -OCH3 is 2. The van der Waals surface area contributed by atoms with E-state index < -0.39 is 48.7 Å².